The van der Waals surface area contributed by atoms with Crippen molar-refractivity contribution in [3.05, 3.63) is 65.0 Å². The number of fused-ring (bicyclic) bond motifs is 1. The lowest BCUT2D eigenvalue weighted by Crippen LogP contribution is -2.38. The van der Waals surface area contributed by atoms with Crippen molar-refractivity contribution in [3.63, 3.8) is 0 Å². The van der Waals surface area contributed by atoms with Gasteiger partial charge in [0.2, 0.25) is 0 Å². The molecule has 5 nitrogen and oxygen atoms in total. The summed E-state index contributed by atoms with van der Waals surface area (Å²) < 4.78 is 19.3. The van der Waals surface area contributed by atoms with E-state index in [1.807, 2.05) is 35.2 Å². The lowest BCUT2D eigenvalue weighted by molar-refractivity contribution is 0.00634. The van der Waals surface area contributed by atoms with Gasteiger partial charge in [0.25, 0.3) is 5.91 Å². The second kappa shape index (κ2) is 9.82. The van der Waals surface area contributed by atoms with Crippen molar-refractivity contribution in [2.24, 2.45) is 5.92 Å². The van der Waals surface area contributed by atoms with Gasteiger partial charge in [-0.05, 0) is 80.4 Å². The Morgan fingerprint density at radius 1 is 1.00 bits per heavy atom. The highest BCUT2D eigenvalue weighted by atomic mass is 19.1. The van der Waals surface area contributed by atoms with Crippen LogP contribution in [0, 0.1) is 11.7 Å². The Morgan fingerprint density at radius 3 is 2.52 bits per heavy atom. The van der Waals surface area contributed by atoms with E-state index >= 15 is 0 Å². The minimum atomic E-state index is -0.456. The molecular formula is C27H33FN2O3. The smallest absolute Gasteiger partial charge is 0.258 e. The maximum atomic E-state index is 13.3. The molecule has 33 heavy (non-hydrogen) atoms. The van der Waals surface area contributed by atoms with Gasteiger partial charge < -0.3 is 14.7 Å². The molecule has 0 radical (unpaired) electrons. The van der Waals surface area contributed by atoms with Crippen LogP contribution >= 0.6 is 0 Å². The first-order chi connectivity index (χ1) is 16.1. The first kappa shape index (κ1) is 22.4. The molecule has 1 saturated carbocycles. The van der Waals surface area contributed by atoms with Crippen LogP contribution < -0.4 is 4.74 Å². The number of ether oxygens (including phenoxy) is 1. The molecule has 0 spiro atoms. The second-order valence-electron chi connectivity index (χ2n) is 9.83. The summed E-state index contributed by atoms with van der Waals surface area (Å²) in [4.78, 5) is 17.7. The summed E-state index contributed by atoms with van der Waals surface area (Å²) >= 11 is 0. The van der Waals surface area contributed by atoms with E-state index < -0.39 is 6.10 Å². The number of likely N-dealkylation sites (tertiary alicyclic amines) is 1. The van der Waals surface area contributed by atoms with Crippen LogP contribution in [0.4, 0.5) is 4.39 Å². The Bertz CT molecular complexity index is 972. The van der Waals surface area contributed by atoms with E-state index in [1.54, 1.807) is 0 Å². The SMILES string of the molecule is O=C1c2c(cccc2OC2CCCCC2O)CN1CC1CCN(Cc2ccc(F)cc2)CC1. The molecular weight excluding hydrogens is 419 g/mol. The largest absolute Gasteiger partial charge is 0.487 e. The molecule has 6 heteroatoms. The van der Waals surface area contributed by atoms with Crippen molar-refractivity contribution < 1.29 is 19.0 Å². The lowest BCUT2D eigenvalue weighted by Gasteiger charge is -2.34. The molecule has 1 amide bonds. The van der Waals surface area contributed by atoms with Gasteiger partial charge >= 0.3 is 0 Å². The van der Waals surface area contributed by atoms with E-state index in [4.69, 9.17) is 4.74 Å². The zero-order chi connectivity index (χ0) is 22.8. The number of hydrogen-bond donors (Lipinski definition) is 1. The fourth-order valence-electron chi connectivity index (χ4n) is 5.50. The summed E-state index contributed by atoms with van der Waals surface area (Å²) in [5, 5.41) is 10.3. The summed E-state index contributed by atoms with van der Waals surface area (Å²) in [7, 11) is 0. The lowest BCUT2D eigenvalue weighted by atomic mass is 9.94. The quantitative estimate of drug-likeness (QED) is 0.707. The van der Waals surface area contributed by atoms with Gasteiger partial charge in [0.1, 0.15) is 17.7 Å². The van der Waals surface area contributed by atoms with Gasteiger partial charge in [-0.15, -0.1) is 0 Å². The summed E-state index contributed by atoms with van der Waals surface area (Å²) in [6, 6.07) is 12.6. The second-order valence-corrected chi connectivity index (χ2v) is 9.83. The van der Waals surface area contributed by atoms with Crippen LogP contribution in [-0.2, 0) is 13.1 Å². The van der Waals surface area contributed by atoms with Gasteiger partial charge in [-0.1, -0.05) is 30.7 Å². The van der Waals surface area contributed by atoms with Gasteiger partial charge in [0.05, 0.1) is 11.7 Å². The molecule has 2 aromatic rings. The number of hydrogen-bond acceptors (Lipinski definition) is 4. The van der Waals surface area contributed by atoms with E-state index in [1.165, 1.54) is 12.1 Å². The molecule has 176 valence electrons. The fraction of sp³-hybridized carbons (Fsp3) is 0.519. The Balaban J connectivity index is 1.17. The van der Waals surface area contributed by atoms with Crippen LogP contribution in [0.5, 0.6) is 5.75 Å². The third-order valence-corrected chi connectivity index (χ3v) is 7.43. The molecule has 2 heterocycles. The summed E-state index contributed by atoms with van der Waals surface area (Å²) in [5.41, 5.74) is 2.84. The highest BCUT2D eigenvalue weighted by Crippen LogP contribution is 2.34. The number of amides is 1. The Morgan fingerprint density at radius 2 is 1.76 bits per heavy atom. The molecule has 0 aromatic heterocycles. The summed E-state index contributed by atoms with van der Waals surface area (Å²) in [6.45, 7) is 4.22. The highest BCUT2D eigenvalue weighted by Gasteiger charge is 2.34. The first-order valence-corrected chi connectivity index (χ1v) is 12.3. The van der Waals surface area contributed by atoms with Crippen molar-refractivity contribution in [2.45, 2.75) is 63.8 Å². The number of rotatable bonds is 6. The van der Waals surface area contributed by atoms with Crippen molar-refractivity contribution in [2.75, 3.05) is 19.6 Å². The standard InChI is InChI=1S/C27H33FN2O3/c28-22-10-8-19(9-11-22)16-29-14-12-20(13-15-29)17-30-18-21-4-3-7-25(26(21)27(30)32)33-24-6-2-1-5-23(24)31/h3-4,7-11,20,23-24,31H,1-2,5-6,12-18H2. The topological polar surface area (TPSA) is 53.0 Å². The molecule has 1 N–H and O–H groups in total. The van der Waals surface area contributed by atoms with Crippen molar-refractivity contribution in [1.82, 2.24) is 9.80 Å². The number of halogens is 1. The molecule has 5 rings (SSSR count). The zero-order valence-corrected chi connectivity index (χ0v) is 19.1. The van der Waals surface area contributed by atoms with Crippen LogP contribution in [0.1, 0.15) is 60.0 Å². The predicted molar refractivity (Wildman–Crippen MR) is 124 cm³/mol. The average molecular weight is 453 g/mol. The van der Waals surface area contributed by atoms with Gasteiger partial charge in [-0.3, -0.25) is 9.69 Å². The number of aliphatic hydroxyl groups excluding tert-OH is 1. The van der Waals surface area contributed by atoms with Crippen molar-refractivity contribution in [1.29, 1.82) is 0 Å². The van der Waals surface area contributed by atoms with Crippen LogP contribution in [0.2, 0.25) is 0 Å². The zero-order valence-electron chi connectivity index (χ0n) is 19.1. The number of carbonyl (C=O) groups excluding carboxylic acids is 1. The monoisotopic (exact) mass is 452 g/mol. The van der Waals surface area contributed by atoms with Gasteiger partial charge in [0.15, 0.2) is 0 Å². The molecule has 2 unspecified atom stereocenters. The third-order valence-electron chi connectivity index (χ3n) is 7.43. The van der Waals surface area contributed by atoms with Gasteiger partial charge in [-0.25, -0.2) is 4.39 Å². The average Bonchev–Trinajstić information content (AvgIpc) is 3.14. The van der Waals surface area contributed by atoms with E-state index in [9.17, 15) is 14.3 Å². The van der Waals surface area contributed by atoms with Gasteiger partial charge in [0, 0.05) is 19.6 Å². The van der Waals surface area contributed by atoms with Crippen molar-refractivity contribution in [3.8, 4) is 5.75 Å². The molecule has 2 atom stereocenters. The van der Waals surface area contributed by atoms with Crippen LogP contribution in [0.3, 0.4) is 0 Å². The third kappa shape index (κ3) is 5.07. The highest BCUT2D eigenvalue weighted by molar-refractivity contribution is 6.01. The minimum Gasteiger partial charge on any atom is -0.487 e. The molecule has 1 aliphatic carbocycles. The normalized spacial score (nSPS) is 24.2. The number of piperidine rings is 1. The molecule has 2 fully saturated rings. The Kier molecular flexibility index (Phi) is 6.65. The van der Waals surface area contributed by atoms with Crippen LogP contribution in [-0.4, -0.2) is 52.7 Å². The fourth-order valence-corrected chi connectivity index (χ4v) is 5.50. The maximum Gasteiger partial charge on any atom is 0.258 e. The minimum absolute atomic E-state index is 0.0552. The Labute approximate surface area is 195 Å². The van der Waals surface area contributed by atoms with E-state index in [2.05, 4.69) is 4.90 Å². The molecule has 2 aliphatic heterocycles. The molecule has 1 saturated heterocycles. The number of aliphatic hydroxyl groups is 1. The van der Waals surface area contributed by atoms with Gasteiger partial charge in [-0.2, -0.15) is 0 Å². The van der Waals surface area contributed by atoms with Crippen LogP contribution in [0.15, 0.2) is 42.5 Å². The van der Waals surface area contributed by atoms with E-state index in [-0.39, 0.29) is 17.8 Å². The summed E-state index contributed by atoms with van der Waals surface area (Å²) in [5.74, 6) is 0.967. The molecule has 0 bridgehead atoms. The predicted octanol–water partition coefficient (Wildman–Crippen LogP) is 4.38. The number of carbonyl (C=O) groups is 1. The number of nitrogens with zero attached hydrogens (tertiary/aromatic N) is 2. The van der Waals surface area contributed by atoms with Crippen molar-refractivity contribution >= 4 is 5.91 Å². The summed E-state index contributed by atoms with van der Waals surface area (Å²) in [6.07, 6.45) is 5.11. The molecule has 3 aliphatic rings. The first-order valence-electron chi connectivity index (χ1n) is 12.3. The maximum absolute atomic E-state index is 13.3. The molecule has 2 aromatic carbocycles. The van der Waals surface area contributed by atoms with E-state index in [0.29, 0.717) is 23.8 Å². The Hall–Kier alpha value is -2.44. The van der Waals surface area contributed by atoms with Crippen LogP contribution in [0.25, 0.3) is 0 Å². The number of benzene rings is 2. The van der Waals surface area contributed by atoms with E-state index in [0.717, 1.165) is 75.8 Å².